The molecule has 1 N–H and O–H groups in total. The maximum Gasteiger partial charge on any atom is 0.251 e. The van der Waals surface area contributed by atoms with Gasteiger partial charge in [0.2, 0.25) is 0 Å². The summed E-state index contributed by atoms with van der Waals surface area (Å²) in [6, 6.07) is 10.8. The van der Waals surface area contributed by atoms with Crippen LogP contribution >= 0.6 is 0 Å². The van der Waals surface area contributed by atoms with Gasteiger partial charge in [0.15, 0.2) is 0 Å². The van der Waals surface area contributed by atoms with Crippen LogP contribution in [0.1, 0.15) is 36.4 Å². The van der Waals surface area contributed by atoms with E-state index in [0.717, 1.165) is 12.2 Å². The molecule has 4 heteroatoms. The van der Waals surface area contributed by atoms with Crippen LogP contribution in [-0.2, 0) is 6.54 Å². The van der Waals surface area contributed by atoms with Gasteiger partial charge in [-0.15, -0.1) is 0 Å². The van der Waals surface area contributed by atoms with Gasteiger partial charge >= 0.3 is 0 Å². The van der Waals surface area contributed by atoms with E-state index in [2.05, 4.69) is 12.2 Å². The molecule has 20 heavy (non-hydrogen) atoms. The van der Waals surface area contributed by atoms with Crippen molar-refractivity contribution in [3.05, 3.63) is 54.0 Å². The van der Waals surface area contributed by atoms with Crippen molar-refractivity contribution >= 4 is 5.91 Å². The summed E-state index contributed by atoms with van der Waals surface area (Å²) in [7, 11) is 0. The van der Waals surface area contributed by atoms with Gasteiger partial charge in [0.05, 0.1) is 18.9 Å². The molecule has 0 aliphatic rings. The average molecular weight is 273 g/mol. The number of amides is 1. The van der Waals surface area contributed by atoms with E-state index in [9.17, 15) is 4.79 Å². The number of rotatable bonds is 6. The Morgan fingerprint density at radius 3 is 2.90 bits per heavy atom. The van der Waals surface area contributed by atoms with E-state index >= 15 is 0 Å². The van der Waals surface area contributed by atoms with E-state index in [4.69, 9.17) is 9.15 Å². The summed E-state index contributed by atoms with van der Waals surface area (Å²) in [4.78, 5) is 12.0. The first-order valence-corrected chi connectivity index (χ1v) is 6.76. The topological polar surface area (TPSA) is 51.5 Å². The zero-order valence-electron chi connectivity index (χ0n) is 11.8. The summed E-state index contributed by atoms with van der Waals surface area (Å²) in [5.74, 6) is 1.30. The molecule has 0 radical (unpaired) electrons. The van der Waals surface area contributed by atoms with Gasteiger partial charge in [0, 0.05) is 5.56 Å². The van der Waals surface area contributed by atoms with Gasteiger partial charge in [0.1, 0.15) is 11.5 Å². The molecule has 0 saturated carbocycles. The monoisotopic (exact) mass is 273 g/mol. The SMILES string of the molecule is CCC(C)Oc1cccc(C(=O)NCc2ccco2)c1. The third kappa shape index (κ3) is 3.88. The maximum absolute atomic E-state index is 12.0. The van der Waals surface area contributed by atoms with Crippen LogP contribution in [0.15, 0.2) is 47.1 Å². The van der Waals surface area contributed by atoms with E-state index in [1.54, 1.807) is 24.5 Å². The Kier molecular flexibility index (Phi) is 4.82. The highest BCUT2D eigenvalue weighted by atomic mass is 16.5. The summed E-state index contributed by atoms with van der Waals surface area (Å²) in [6.07, 6.45) is 2.65. The molecule has 0 aliphatic heterocycles. The fourth-order valence-electron chi connectivity index (χ4n) is 1.71. The predicted molar refractivity (Wildman–Crippen MR) is 76.7 cm³/mol. The number of carbonyl (C=O) groups is 1. The highest BCUT2D eigenvalue weighted by Crippen LogP contribution is 2.16. The van der Waals surface area contributed by atoms with E-state index in [0.29, 0.717) is 17.9 Å². The predicted octanol–water partition coefficient (Wildman–Crippen LogP) is 3.39. The normalized spacial score (nSPS) is 11.9. The van der Waals surface area contributed by atoms with E-state index in [1.165, 1.54) is 0 Å². The molecule has 1 aromatic carbocycles. The van der Waals surface area contributed by atoms with Gasteiger partial charge in [-0.05, 0) is 43.7 Å². The lowest BCUT2D eigenvalue weighted by Crippen LogP contribution is -2.22. The lowest BCUT2D eigenvalue weighted by molar-refractivity contribution is 0.0947. The van der Waals surface area contributed by atoms with Crippen LogP contribution in [0, 0.1) is 0 Å². The van der Waals surface area contributed by atoms with E-state index in [1.807, 2.05) is 25.1 Å². The third-order valence-corrected chi connectivity index (χ3v) is 3.01. The molecule has 1 aromatic heterocycles. The van der Waals surface area contributed by atoms with Crippen LogP contribution in [0.25, 0.3) is 0 Å². The molecular formula is C16H19NO3. The van der Waals surface area contributed by atoms with Crippen molar-refractivity contribution < 1.29 is 13.9 Å². The molecule has 1 amide bonds. The zero-order chi connectivity index (χ0) is 14.4. The molecule has 1 heterocycles. The van der Waals surface area contributed by atoms with Crippen LogP contribution < -0.4 is 10.1 Å². The van der Waals surface area contributed by atoms with Crippen LogP contribution in [0.4, 0.5) is 0 Å². The van der Waals surface area contributed by atoms with Crippen LogP contribution in [-0.4, -0.2) is 12.0 Å². The molecular weight excluding hydrogens is 254 g/mol. The van der Waals surface area contributed by atoms with Crippen LogP contribution in [0.2, 0.25) is 0 Å². The smallest absolute Gasteiger partial charge is 0.251 e. The lowest BCUT2D eigenvalue weighted by atomic mass is 10.2. The quantitative estimate of drug-likeness (QED) is 0.877. The first-order chi connectivity index (χ1) is 9.69. The second kappa shape index (κ2) is 6.80. The second-order valence-electron chi connectivity index (χ2n) is 4.63. The summed E-state index contributed by atoms with van der Waals surface area (Å²) >= 11 is 0. The largest absolute Gasteiger partial charge is 0.491 e. The number of hydrogen-bond acceptors (Lipinski definition) is 3. The lowest BCUT2D eigenvalue weighted by Gasteiger charge is -2.13. The molecule has 0 fully saturated rings. The molecule has 106 valence electrons. The van der Waals surface area contributed by atoms with Gasteiger partial charge < -0.3 is 14.5 Å². The Balaban J connectivity index is 1.97. The van der Waals surface area contributed by atoms with Crippen molar-refractivity contribution in [3.63, 3.8) is 0 Å². The minimum atomic E-state index is -0.143. The first-order valence-electron chi connectivity index (χ1n) is 6.76. The minimum absolute atomic E-state index is 0.136. The molecule has 4 nitrogen and oxygen atoms in total. The molecule has 0 aliphatic carbocycles. The molecule has 2 rings (SSSR count). The van der Waals surface area contributed by atoms with Crippen molar-refractivity contribution in [1.82, 2.24) is 5.32 Å². The summed E-state index contributed by atoms with van der Waals surface area (Å²) in [6.45, 7) is 4.44. The van der Waals surface area contributed by atoms with Gasteiger partial charge in [-0.3, -0.25) is 4.79 Å². The number of hydrogen-bond donors (Lipinski definition) is 1. The number of ether oxygens (including phenoxy) is 1. The molecule has 0 bridgehead atoms. The van der Waals surface area contributed by atoms with E-state index in [-0.39, 0.29) is 12.0 Å². The zero-order valence-corrected chi connectivity index (χ0v) is 11.8. The van der Waals surface area contributed by atoms with Crippen molar-refractivity contribution in [2.75, 3.05) is 0 Å². The Hall–Kier alpha value is -2.23. The first kappa shape index (κ1) is 14.2. The van der Waals surface area contributed by atoms with Gasteiger partial charge in [-0.1, -0.05) is 13.0 Å². The van der Waals surface area contributed by atoms with Crippen molar-refractivity contribution in [1.29, 1.82) is 0 Å². The standard InChI is InChI=1S/C16H19NO3/c1-3-12(2)20-14-7-4-6-13(10-14)16(18)17-11-15-8-5-9-19-15/h4-10,12H,3,11H2,1-2H3,(H,17,18). The Bertz CT molecular complexity index is 549. The van der Waals surface area contributed by atoms with Crippen molar-refractivity contribution in [3.8, 4) is 5.75 Å². The number of furan rings is 1. The summed E-state index contributed by atoms with van der Waals surface area (Å²) < 4.78 is 10.9. The minimum Gasteiger partial charge on any atom is -0.491 e. The Labute approximate surface area is 118 Å². The fraction of sp³-hybridized carbons (Fsp3) is 0.312. The fourth-order valence-corrected chi connectivity index (χ4v) is 1.71. The molecule has 0 spiro atoms. The van der Waals surface area contributed by atoms with E-state index < -0.39 is 0 Å². The maximum atomic E-state index is 12.0. The van der Waals surface area contributed by atoms with Crippen LogP contribution in [0.3, 0.4) is 0 Å². The number of benzene rings is 1. The Morgan fingerprint density at radius 2 is 2.20 bits per heavy atom. The Morgan fingerprint density at radius 1 is 1.35 bits per heavy atom. The highest BCUT2D eigenvalue weighted by molar-refractivity contribution is 5.94. The summed E-state index contributed by atoms with van der Waals surface area (Å²) in [5.41, 5.74) is 0.581. The molecule has 1 unspecified atom stereocenters. The van der Waals surface area contributed by atoms with Gasteiger partial charge in [0.25, 0.3) is 5.91 Å². The average Bonchev–Trinajstić information content (AvgIpc) is 2.98. The molecule has 0 saturated heterocycles. The highest BCUT2D eigenvalue weighted by Gasteiger charge is 2.08. The van der Waals surface area contributed by atoms with Gasteiger partial charge in [-0.25, -0.2) is 0 Å². The number of carbonyl (C=O) groups excluding carboxylic acids is 1. The molecule has 2 aromatic rings. The number of nitrogens with one attached hydrogen (secondary N) is 1. The van der Waals surface area contributed by atoms with Crippen molar-refractivity contribution in [2.24, 2.45) is 0 Å². The molecule has 1 atom stereocenters. The third-order valence-electron chi connectivity index (χ3n) is 3.01. The van der Waals surface area contributed by atoms with Crippen LogP contribution in [0.5, 0.6) is 5.75 Å². The van der Waals surface area contributed by atoms with Gasteiger partial charge in [-0.2, -0.15) is 0 Å². The second-order valence-corrected chi connectivity index (χ2v) is 4.63. The summed E-state index contributed by atoms with van der Waals surface area (Å²) in [5, 5.41) is 2.81. The van der Waals surface area contributed by atoms with Crippen molar-refractivity contribution in [2.45, 2.75) is 32.9 Å².